The zero-order valence-electron chi connectivity index (χ0n) is 11.6. The molecule has 0 saturated heterocycles. The Hall–Kier alpha value is -2.48. The molecule has 2 heteroatoms. The van der Waals surface area contributed by atoms with Gasteiger partial charge in [0.25, 0.3) is 0 Å². The second-order valence-electron chi connectivity index (χ2n) is 5.10. The summed E-state index contributed by atoms with van der Waals surface area (Å²) >= 11 is 0. The maximum Gasteiger partial charge on any atom is 0.126 e. The lowest BCUT2D eigenvalue weighted by Gasteiger charge is -2.06. The van der Waals surface area contributed by atoms with E-state index in [9.17, 15) is 8.78 Å². The van der Waals surface area contributed by atoms with E-state index in [1.54, 1.807) is 0 Å². The molecule has 0 bridgehead atoms. The van der Waals surface area contributed by atoms with Crippen LogP contribution in [0.1, 0.15) is 5.56 Å². The van der Waals surface area contributed by atoms with E-state index in [1.807, 2.05) is 31.2 Å². The average Bonchev–Trinajstić information content (AvgIpc) is 2.47. The van der Waals surface area contributed by atoms with Crippen molar-refractivity contribution in [3.8, 4) is 22.3 Å². The summed E-state index contributed by atoms with van der Waals surface area (Å²) < 4.78 is 26.5. The standard InChI is InChI=1S/C19H14F2/c1-13-2-4-14(5-3-13)15-6-8-16(9-7-15)17-10-18(20)12-19(21)11-17/h2-12H,1H3. The molecule has 0 aliphatic heterocycles. The Morgan fingerprint density at radius 1 is 0.524 bits per heavy atom. The van der Waals surface area contributed by atoms with Crippen LogP contribution >= 0.6 is 0 Å². The summed E-state index contributed by atoms with van der Waals surface area (Å²) in [4.78, 5) is 0. The van der Waals surface area contributed by atoms with Crippen molar-refractivity contribution in [2.45, 2.75) is 6.92 Å². The Labute approximate surface area is 122 Å². The van der Waals surface area contributed by atoms with Gasteiger partial charge >= 0.3 is 0 Å². The Bertz CT molecular complexity index is 736. The molecule has 0 saturated carbocycles. The molecule has 0 aliphatic carbocycles. The normalized spacial score (nSPS) is 10.6. The van der Waals surface area contributed by atoms with Crippen molar-refractivity contribution in [2.75, 3.05) is 0 Å². The van der Waals surface area contributed by atoms with E-state index in [-0.39, 0.29) is 0 Å². The number of aryl methyl sites for hydroxylation is 1. The molecule has 0 fully saturated rings. The van der Waals surface area contributed by atoms with Crippen molar-refractivity contribution in [3.05, 3.63) is 83.9 Å². The van der Waals surface area contributed by atoms with Gasteiger partial charge in [-0.15, -0.1) is 0 Å². The molecule has 0 N–H and O–H groups in total. The summed E-state index contributed by atoms with van der Waals surface area (Å²) in [7, 11) is 0. The van der Waals surface area contributed by atoms with E-state index in [2.05, 4.69) is 24.3 Å². The minimum atomic E-state index is -0.562. The lowest BCUT2D eigenvalue weighted by molar-refractivity contribution is 0.584. The smallest absolute Gasteiger partial charge is 0.126 e. The quantitative estimate of drug-likeness (QED) is 0.572. The lowest BCUT2D eigenvalue weighted by Crippen LogP contribution is -1.85. The molecule has 3 aromatic rings. The molecule has 104 valence electrons. The van der Waals surface area contributed by atoms with Crippen LogP contribution in [0, 0.1) is 18.6 Å². The Morgan fingerprint density at radius 3 is 1.38 bits per heavy atom. The van der Waals surface area contributed by atoms with Gasteiger partial charge in [-0.05, 0) is 41.3 Å². The molecule has 0 heterocycles. The van der Waals surface area contributed by atoms with Crippen LogP contribution in [0.5, 0.6) is 0 Å². The fraction of sp³-hybridized carbons (Fsp3) is 0.0526. The molecule has 0 spiro atoms. The molecule has 0 unspecified atom stereocenters. The summed E-state index contributed by atoms with van der Waals surface area (Å²) in [5, 5.41) is 0. The Balaban J connectivity index is 1.95. The third kappa shape index (κ3) is 3.00. The van der Waals surface area contributed by atoms with E-state index in [0.717, 1.165) is 22.8 Å². The molecule has 0 atom stereocenters. The summed E-state index contributed by atoms with van der Waals surface area (Å²) in [6, 6.07) is 19.5. The molecule has 0 amide bonds. The zero-order valence-corrected chi connectivity index (χ0v) is 11.6. The van der Waals surface area contributed by atoms with Crippen LogP contribution in [0.4, 0.5) is 8.78 Å². The van der Waals surface area contributed by atoms with Crippen LogP contribution in [-0.4, -0.2) is 0 Å². The lowest BCUT2D eigenvalue weighted by atomic mass is 9.99. The first-order valence-electron chi connectivity index (χ1n) is 6.75. The third-order valence-electron chi connectivity index (χ3n) is 3.47. The fourth-order valence-corrected chi connectivity index (χ4v) is 2.32. The first kappa shape index (κ1) is 13.5. The topological polar surface area (TPSA) is 0 Å². The SMILES string of the molecule is Cc1ccc(-c2ccc(-c3cc(F)cc(F)c3)cc2)cc1. The van der Waals surface area contributed by atoms with Gasteiger partial charge in [0.15, 0.2) is 0 Å². The Kier molecular flexibility index (Phi) is 3.53. The second kappa shape index (κ2) is 5.49. The largest absolute Gasteiger partial charge is 0.207 e. The molecular formula is C19H14F2. The van der Waals surface area contributed by atoms with E-state index < -0.39 is 11.6 Å². The first-order valence-corrected chi connectivity index (χ1v) is 6.75. The summed E-state index contributed by atoms with van der Waals surface area (Å²) in [6.45, 7) is 2.05. The Morgan fingerprint density at radius 2 is 0.905 bits per heavy atom. The van der Waals surface area contributed by atoms with Crippen LogP contribution in [-0.2, 0) is 0 Å². The number of hydrogen-bond donors (Lipinski definition) is 0. The zero-order chi connectivity index (χ0) is 14.8. The van der Waals surface area contributed by atoms with Crippen molar-refractivity contribution in [2.24, 2.45) is 0 Å². The number of hydrogen-bond acceptors (Lipinski definition) is 0. The van der Waals surface area contributed by atoms with E-state index in [1.165, 1.54) is 17.7 Å². The van der Waals surface area contributed by atoms with E-state index in [0.29, 0.717) is 5.56 Å². The van der Waals surface area contributed by atoms with Gasteiger partial charge in [-0.2, -0.15) is 0 Å². The van der Waals surface area contributed by atoms with E-state index in [4.69, 9.17) is 0 Å². The van der Waals surface area contributed by atoms with Gasteiger partial charge in [0, 0.05) is 6.07 Å². The van der Waals surface area contributed by atoms with Crippen molar-refractivity contribution in [3.63, 3.8) is 0 Å². The number of rotatable bonds is 2. The van der Waals surface area contributed by atoms with Crippen LogP contribution in [0.15, 0.2) is 66.7 Å². The fourth-order valence-electron chi connectivity index (χ4n) is 2.32. The first-order chi connectivity index (χ1) is 10.1. The highest BCUT2D eigenvalue weighted by Crippen LogP contribution is 2.26. The molecule has 0 radical (unpaired) electrons. The minimum Gasteiger partial charge on any atom is -0.207 e. The molecule has 3 aromatic carbocycles. The summed E-state index contributed by atoms with van der Waals surface area (Å²) in [6.07, 6.45) is 0. The van der Waals surface area contributed by atoms with Gasteiger partial charge < -0.3 is 0 Å². The van der Waals surface area contributed by atoms with Gasteiger partial charge in [-0.25, -0.2) is 8.78 Å². The predicted molar refractivity (Wildman–Crippen MR) is 82.0 cm³/mol. The number of halogens is 2. The van der Waals surface area contributed by atoms with Gasteiger partial charge in [-0.1, -0.05) is 54.1 Å². The van der Waals surface area contributed by atoms with Gasteiger partial charge in [0.1, 0.15) is 11.6 Å². The van der Waals surface area contributed by atoms with Crippen molar-refractivity contribution in [1.29, 1.82) is 0 Å². The molecule has 0 nitrogen and oxygen atoms in total. The maximum atomic E-state index is 13.3. The van der Waals surface area contributed by atoms with Crippen molar-refractivity contribution < 1.29 is 8.78 Å². The molecule has 21 heavy (non-hydrogen) atoms. The average molecular weight is 280 g/mol. The minimum absolute atomic E-state index is 0.544. The molecule has 0 aliphatic rings. The highest BCUT2D eigenvalue weighted by molar-refractivity contribution is 5.70. The monoisotopic (exact) mass is 280 g/mol. The highest BCUT2D eigenvalue weighted by Gasteiger charge is 2.04. The highest BCUT2D eigenvalue weighted by atomic mass is 19.1. The number of benzene rings is 3. The van der Waals surface area contributed by atoms with Gasteiger partial charge in [0.2, 0.25) is 0 Å². The van der Waals surface area contributed by atoms with Gasteiger partial charge in [-0.3, -0.25) is 0 Å². The summed E-state index contributed by atoms with van der Waals surface area (Å²) in [5.74, 6) is -1.12. The summed E-state index contributed by atoms with van der Waals surface area (Å²) in [5.41, 5.74) is 4.76. The predicted octanol–water partition coefficient (Wildman–Crippen LogP) is 5.61. The molecule has 0 aromatic heterocycles. The second-order valence-corrected chi connectivity index (χ2v) is 5.10. The molecule has 3 rings (SSSR count). The van der Waals surface area contributed by atoms with Crippen LogP contribution in [0.25, 0.3) is 22.3 Å². The molecular weight excluding hydrogens is 266 g/mol. The van der Waals surface area contributed by atoms with Crippen molar-refractivity contribution in [1.82, 2.24) is 0 Å². The third-order valence-corrected chi connectivity index (χ3v) is 3.47. The van der Waals surface area contributed by atoms with Gasteiger partial charge in [0.05, 0.1) is 0 Å². The maximum absolute atomic E-state index is 13.3. The van der Waals surface area contributed by atoms with Crippen LogP contribution in [0.2, 0.25) is 0 Å². The van der Waals surface area contributed by atoms with Crippen LogP contribution < -0.4 is 0 Å². The van der Waals surface area contributed by atoms with Crippen LogP contribution in [0.3, 0.4) is 0 Å². The van der Waals surface area contributed by atoms with E-state index >= 15 is 0 Å². The van der Waals surface area contributed by atoms with Crippen molar-refractivity contribution >= 4 is 0 Å².